The van der Waals surface area contributed by atoms with Gasteiger partial charge in [0.25, 0.3) is 0 Å². The van der Waals surface area contributed by atoms with Crippen molar-refractivity contribution in [2.45, 2.75) is 0 Å². The third-order valence-electron chi connectivity index (χ3n) is 2.03. The number of benzene rings is 2. The minimum atomic E-state index is -1.83. The lowest BCUT2D eigenvalue weighted by molar-refractivity contribution is 0.287. The minimum absolute atomic E-state index is 0.327. The first-order chi connectivity index (χ1) is 8.24. The number of rotatable bonds is 4. The predicted octanol–water partition coefficient (Wildman–Crippen LogP) is 1.83. The van der Waals surface area contributed by atoms with Crippen LogP contribution in [0.4, 0.5) is 0 Å². The molecule has 0 amide bonds. The van der Waals surface area contributed by atoms with Gasteiger partial charge in [0.1, 0.15) is 17.2 Å². The fraction of sp³-hybridized carbons (Fsp3) is 0. The molecule has 86 valence electrons. The van der Waals surface area contributed by atoms with Crippen molar-refractivity contribution >= 4 is 7.32 Å². The van der Waals surface area contributed by atoms with Crippen molar-refractivity contribution in [2.24, 2.45) is 0 Å². The van der Waals surface area contributed by atoms with Crippen LogP contribution in [0.3, 0.4) is 0 Å². The summed E-state index contributed by atoms with van der Waals surface area (Å²) in [4.78, 5) is 0. The summed E-state index contributed by atoms with van der Waals surface area (Å²) in [7, 11) is -1.83. The molecule has 0 saturated carbocycles. The summed E-state index contributed by atoms with van der Waals surface area (Å²) in [5.41, 5.74) is 0. The summed E-state index contributed by atoms with van der Waals surface area (Å²) in [6, 6.07) is 15.9. The van der Waals surface area contributed by atoms with Crippen LogP contribution >= 0.6 is 0 Å². The minimum Gasteiger partial charge on any atom is -0.512 e. The van der Waals surface area contributed by atoms with Crippen molar-refractivity contribution in [1.29, 1.82) is 0 Å². The van der Waals surface area contributed by atoms with Gasteiger partial charge in [-0.3, -0.25) is 0 Å². The maximum atomic E-state index is 8.68. The molecule has 0 aliphatic rings. The Balaban J connectivity index is 2.11. The molecule has 17 heavy (non-hydrogen) atoms. The molecule has 2 aromatic carbocycles. The number of ether oxygens (including phenoxy) is 1. The van der Waals surface area contributed by atoms with Crippen LogP contribution in [-0.4, -0.2) is 17.4 Å². The van der Waals surface area contributed by atoms with Gasteiger partial charge in [0.15, 0.2) is 0 Å². The first-order valence-electron chi connectivity index (χ1n) is 5.10. The highest BCUT2D eigenvalue weighted by atomic mass is 16.6. The zero-order valence-corrected chi connectivity index (χ0v) is 8.98. The molecule has 2 N–H and O–H groups in total. The summed E-state index contributed by atoms with van der Waals surface area (Å²) in [5.74, 6) is 1.59. The number of hydrogen-bond acceptors (Lipinski definition) is 4. The zero-order chi connectivity index (χ0) is 12.1. The highest BCUT2D eigenvalue weighted by Crippen LogP contribution is 2.24. The molecule has 2 aromatic rings. The summed E-state index contributed by atoms with van der Waals surface area (Å²) in [6.07, 6.45) is 0. The maximum Gasteiger partial charge on any atom is 0.707 e. The highest BCUT2D eigenvalue weighted by molar-refractivity contribution is 6.33. The van der Waals surface area contributed by atoms with E-state index >= 15 is 0 Å². The molecule has 4 nitrogen and oxygen atoms in total. The standard InChI is InChI=1S/C12H11BO4/c14-13(15)17-12-8-4-7-11(9-12)16-10-5-2-1-3-6-10/h1-9,14-15H. The summed E-state index contributed by atoms with van der Waals surface area (Å²) in [6.45, 7) is 0. The van der Waals surface area contributed by atoms with Gasteiger partial charge < -0.3 is 19.4 Å². The first-order valence-corrected chi connectivity index (χ1v) is 5.10. The summed E-state index contributed by atoms with van der Waals surface area (Å²) in [5, 5.41) is 17.4. The second-order valence-corrected chi connectivity index (χ2v) is 3.33. The van der Waals surface area contributed by atoms with Gasteiger partial charge in [0, 0.05) is 6.07 Å². The van der Waals surface area contributed by atoms with Crippen LogP contribution in [0.5, 0.6) is 17.2 Å². The van der Waals surface area contributed by atoms with Gasteiger partial charge in [0.2, 0.25) is 0 Å². The smallest absolute Gasteiger partial charge is 0.512 e. The average molecular weight is 230 g/mol. The molecule has 0 spiro atoms. The predicted molar refractivity (Wildman–Crippen MR) is 63.8 cm³/mol. The van der Waals surface area contributed by atoms with Gasteiger partial charge in [-0.2, -0.15) is 0 Å². The largest absolute Gasteiger partial charge is 0.707 e. The van der Waals surface area contributed by atoms with E-state index in [4.69, 9.17) is 19.4 Å². The van der Waals surface area contributed by atoms with Gasteiger partial charge in [-0.1, -0.05) is 24.3 Å². The van der Waals surface area contributed by atoms with E-state index in [1.54, 1.807) is 24.3 Å². The van der Waals surface area contributed by atoms with E-state index < -0.39 is 7.32 Å². The lowest BCUT2D eigenvalue weighted by Gasteiger charge is -2.08. The van der Waals surface area contributed by atoms with Crippen molar-refractivity contribution in [3.8, 4) is 17.2 Å². The van der Waals surface area contributed by atoms with E-state index in [-0.39, 0.29) is 0 Å². The Morgan fingerprint density at radius 2 is 1.41 bits per heavy atom. The monoisotopic (exact) mass is 230 g/mol. The molecule has 5 heteroatoms. The van der Waals surface area contributed by atoms with Crippen LogP contribution in [0.15, 0.2) is 54.6 Å². The van der Waals surface area contributed by atoms with Crippen LogP contribution in [0.25, 0.3) is 0 Å². The van der Waals surface area contributed by atoms with Crippen molar-refractivity contribution < 1.29 is 19.4 Å². The lowest BCUT2D eigenvalue weighted by atomic mass is 10.2. The highest BCUT2D eigenvalue weighted by Gasteiger charge is 2.11. The van der Waals surface area contributed by atoms with Crippen molar-refractivity contribution in [2.75, 3.05) is 0 Å². The Morgan fingerprint density at radius 1 is 0.765 bits per heavy atom. The first kappa shape index (κ1) is 11.5. The van der Waals surface area contributed by atoms with E-state index in [2.05, 4.69) is 0 Å². The number of hydrogen-bond donors (Lipinski definition) is 2. The zero-order valence-electron chi connectivity index (χ0n) is 8.98. The summed E-state index contributed by atoms with van der Waals surface area (Å²) >= 11 is 0. The van der Waals surface area contributed by atoms with Crippen LogP contribution in [-0.2, 0) is 0 Å². The van der Waals surface area contributed by atoms with Gasteiger partial charge in [0.05, 0.1) is 0 Å². The topological polar surface area (TPSA) is 58.9 Å². The second-order valence-electron chi connectivity index (χ2n) is 3.33. The Hall–Kier alpha value is -1.98. The fourth-order valence-electron chi connectivity index (χ4n) is 1.36. The Labute approximate surface area is 99.2 Å². The van der Waals surface area contributed by atoms with Crippen LogP contribution < -0.4 is 9.39 Å². The van der Waals surface area contributed by atoms with Gasteiger partial charge in [-0.15, -0.1) is 0 Å². The molecule has 0 aliphatic heterocycles. The Bertz CT molecular complexity index is 473. The van der Waals surface area contributed by atoms with Crippen molar-refractivity contribution in [3.63, 3.8) is 0 Å². The second kappa shape index (κ2) is 5.38. The molecule has 0 aliphatic carbocycles. The molecule has 2 rings (SSSR count). The number of para-hydroxylation sites is 1. The fourth-order valence-corrected chi connectivity index (χ4v) is 1.36. The SMILES string of the molecule is OB(O)Oc1cccc(Oc2ccccc2)c1. The normalized spacial score (nSPS) is 9.76. The van der Waals surface area contributed by atoms with Crippen LogP contribution in [0, 0.1) is 0 Å². The van der Waals surface area contributed by atoms with Gasteiger partial charge >= 0.3 is 7.32 Å². The Kier molecular flexibility index (Phi) is 3.64. The van der Waals surface area contributed by atoms with E-state index in [9.17, 15) is 0 Å². The molecule has 0 fully saturated rings. The van der Waals surface area contributed by atoms with E-state index in [1.807, 2.05) is 30.3 Å². The lowest BCUT2D eigenvalue weighted by Crippen LogP contribution is -2.20. The van der Waals surface area contributed by atoms with Crippen LogP contribution in [0.2, 0.25) is 0 Å². The van der Waals surface area contributed by atoms with Gasteiger partial charge in [-0.25, -0.2) is 0 Å². The van der Waals surface area contributed by atoms with Crippen LogP contribution in [0.1, 0.15) is 0 Å². The molecular formula is C12H11BO4. The molecule has 0 heterocycles. The molecule has 0 unspecified atom stereocenters. The maximum absolute atomic E-state index is 8.68. The molecule has 0 radical (unpaired) electrons. The van der Waals surface area contributed by atoms with E-state index in [0.717, 1.165) is 0 Å². The average Bonchev–Trinajstić information content (AvgIpc) is 2.30. The Morgan fingerprint density at radius 3 is 2.12 bits per heavy atom. The third kappa shape index (κ3) is 3.51. The molecular weight excluding hydrogens is 219 g/mol. The quantitative estimate of drug-likeness (QED) is 0.786. The molecule has 0 atom stereocenters. The molecule has 0 saturated heterocycles. The molecule has 0 bridgehead atoms. The van der Waals surface area contributed by atoms with E-state index in [0.29, 0.717) is 17.2 Å². The summed E-state index contributed by atoms with van der Waals surface area (Å²) < 4.78 is 10.3. The van der Waals surface area contributed by atoms with Gasteiger partial charge in [-0.05, 0) is 24.3 Å². The van der Waals surface area contributed by atoms with Crippen molar-refractivity contribution in [3.05, 3.63) is 54.6 Å². The van der Waals surface area contributed by atoms with Crippen molar-refractivity contribution in [1.82, 2.24) is 0 Å². The van der Waals surface area contributed by atoms with E-state index in [1.165, 1.54) is 0 Å². The molecule has 0 aromatic heterocycles. The third-order valence-corrected chi connectivity index (χ3v) is 2.03.